The number of nitrogens with one attached hydrogen (secondary N) is 1. The van der Waals surface area contributed by atoms with Crippen molar-refractivity contribution < 1.29 is 4.79 Å². The van der Waals surface area contributed by atoms with E-state index in [1.807, 2.05) is 35.0 Å². The second-order valence-electron chi connectivity index (χ2n) is 6.29. The van der Waals surface area contributed by atoms with Crippen LogP contribution in [0.4, 0.5) is 11.5 Å². The summed E-state index contributed by atoms with van der Waals surface area (Å²) in [6.45, 7) is 5.45. The Morgan fingerprint density at radius 1 is 1.19 bits per heavy atom. The molecule has 0 saturated carbocycles. The molecule has 1 aliphatic heterocycles. The van der Waals surface area contributed by atoms with Crippen LogP contribution in [-0.4, -0.2) is 40.2 Å². The van der Waals surface area contributed by atoms with Crippen molar-refractivity contribution in [1.82, 2.24) is 14.7 Å². The van der Waals surface area contributed by atoms with Crippen molar-refractivity contribution in [2.45, 2.75) is 32.2 Å². The van der Waals surface area contributed by atoms with Gasteiger partial charge in [-0.2, -0.15) is 5.10 Å². The van der Waals surface area contributed by atoms with Crippen molar-refractivity contribution in [3.8, 4) is 0 Å². The van der Waals surface area contributed by atoms with Crippen LogP contribution in [0.25, 0.3) is 0 Å². The zero-order valence-electron chi connectivity index (χ0n) is 14.9. The van der Waals surface area contributed by atoms with Gasteiger partial charge in [0.2, 0.25) is 5.91 Å². The van der Waals surface area contributed by atoms with Crippen LogP contribution in [0.15, 0.2) is 36.5 Å². The van der Waals surface area contributed by atoms with Crippen LogP contribution in [-0.2, 0) is 11.2 Å². The highest BCUT2D eigenvalue weighted by molar-refractivity contribution is 5.91. The summed E-state index contributed by atoms with van der Waals surface area (Å²) in [5.41, 5.74) is 7.33. The Bertz CT molecular complexity index is 681. The number of carbonyl (C=O) groups is 1. The molecule has 0 atom stereocenters. The minimum Gasteiger partial charge on any atom is -0.399 e. The molecule has 3 rings (SSSR count). The average Bonchev–Trinajstić information content (AvgIpc) is 3.05. The van der Waals surface area contributed by atoms with Crippen LogP contribution in [0.2, 0.25) is 0 Å². The molecule has 3 N–H and O–H groups in total. The van der Waals surface area contributed by atoms with Gasteiger partial charge in [-0.25, -0.2) is 4.68 Å². The highest BCUT2D eigenvalue weighted by atomic mass is 35.5. The number of rotatable bonds is 5. The quantitative estimate of drug-likeness (QED) is 0.756. The van der Waals surface area contributed by atoms with E-state index in [1.165, 1.54) is 0 Å². The standard InChI is InChI=1S/C18H25N5O.2ClH/c1-2-22-11-8-16(9-12-22)23-17(7-10-20-23)21-18(24)13-14-3-5-15(19)6-4-14;;/h3-7,10,16H,2,8-9,11-13,19H2,1H3,(H,21,24);2*1H. The molecule has 0 radical (unpaired) electrons. The zero-order valence-corrected chi connectivity index (χ0v) is 16.6. The molecule has 0 aliphatic carbocycles. The van der Waals surface area contributed by atoms with Gasteiger partial charge in [0, 0.05) is 24.8 Å². The van der Waals surface area contributed by atoms with Gasteiger partial charge in [0.1, 0.15) is 5.82 Å². The van der Waals surface area contributed by atoms with Crippen molar-refractivity contribution in [2.75, 3.05) is 30.7 Å². The number of aromatic nitrogens is 2. The average molecular weight is 400 g/mol. The Kier molecular flexibility index (Phi) is 8.92. The second-order valence-corrected chi connectivity index (χ2v) is 6.29. The van der Waals surface area contributed by atoms with Crippen molar-refractivity contribution in [1.29, 1.82) is 0 Å². The van der Waals surface area contributed by atoms with E-state index < -0.39 is 0 Å². The number of nitrogens with zero attached hydrogens (tertiary/aromatic N) is 3. The van der Waals surface area contributed by atoms with E-state index in [4.69, 9.17) is 5.73 Å². The van der Waals surface area contributed by atoms with E-state index in [0.29, 0.717) is 18.2 Å². The first-order valence-electron chi connectivity index (χ1n) is 8.56. The van der Waals surface area contributed by atoms with Crippen molar-refractivity contribution in [2.24, 2.45) is 0 Å². The maximum atomic E-state index is 12.3. The normalized spacial score (nSPS) is 15.0. The minimum atomic E-state index is -0.0347. The van der Waals surface area contributed by atoms with E-state index in [9.17, 15) is 4.79 Å². The molecular formula is C18H27Cl2N5O. The highest BCUT2D eigenvalue weighted by Crippen LogP contribution is 2.25. The van der Waals surface area contributed by atoms with Gasteiger partial charge in [0.15, 0.2) is 0 Å². The summed E-state index contributed by atoms with van der Waals surface area (Å²) in [4.78, 5) is 14.8. The number of benzene rings is 1. The molecule has 8 heteroatoms. The molecule has 1 aromatic carbocycles. The lowest BCUT2D eigenvalue weighted by atomic mass is 10.1. The van der Waals surface area contributed by atoms with Crippen LogP contribution >= 0.6 is 24.8 Å². The largest absolute Gasteiger partial charge is 0.399 e. The fraction of sp³-hybridized carbons (Fsp3) is 0.444. The smallest absolute Gasteiger partial charge is 0.229 e. The molecule has 0 unspecified atom stereocenters. The Hall–Kier alpha value is -1.76. The number of likely N-dealkylation sites (tertiary alicyclic amines) is 1. The monoisotopic (exact) mass is 399 g/mol. The van der Waals surface area contributed by atoms with E-state index >= 15 is 0 Å². The number of carbonyl (C=O) groups excluding carboxylic acids is 1. The van der Waals surface area contributed by atoms with Gasteiger partial charge in [-0.3, -0.25) is 4.79 Å². The summed E-state index contributed by atoms with van der Waals surface area (Å²) in [5, 5.41) is 7.42. The van der Waals surface area contributed by atoms with Crippen molar-refractivity contribution in [3.63, 3.8) is 0 Å². The number of nitrogens with two attached hydrogens (primary N) is 1. The highest BCUT2D eigenvalue weighted by Gasteiger charge is 2.22. The number of nitrogen functional groups attached to an aromatic ring is 1. The maximum Gasteiger partial charge on any atom is 0.229 e. The van der Waals surface area contributed by atoms with Gasteiger partial charge in [-0.15, -0.1) is 24.8 Å². The fourth-order valence-corrected chi connectivity index (χ4v) is 3.19. The summed E-state index contributed by atoms with van der Waals surface area (Å²) < 4.78 is 1.97. The molecule has 1 aromatic heterocycles. The predicted octanol–water partition coefficient (Wildman–Crippen LogP) is 3.15. The van der Waals surface area contributed by atoms with Gasteiger partial charge in [-0.1, -0.05) is 19.1 Å². The molecule has 2 heterocycles. The summed E-state index contributed by atoms with van der Waals surface area (Å²) >= 11 is 0. The zero-order chi connectivity index (χ0) is 16.9. The number of amides is 1. The van der Waals surface area contributed by atoms with Crippen LogP contribution < -0.4 is 11.1 Å². The molecule has 0 bridgehead atoms. The van der Waals surface area contributed by atoms with E-state index in [-0.39, 0.29) is 30.7 Å². The Balaban J connectivity index is 0.00000169. The molecule has 1 fully saturated rings. The van der Waals surface area contributed by atoms with Crippen molar-refractivity contribution in [3.05, 3.63) is 42.1 Å². The van der Waals surface area contributed by atoms with Gasteiger partial charge in [-0.05, 0) is 37.1 Å². The molecule has 26 heavy (non-hydrogen) atoms. The van der Waals surface area contributed by atoms with Crippen LogP contribution in [0, 0.1) is 0 Å². The molecule has 144 valence electrons. The van der Waals surface area contributed by atoms with Crippen LogP contribution in [0.1, 0.15) is 31.4 Å². The van der Waals surface area contributed by atoms with Crippen molar-refractivity contribution >= 4 is 42.2 Å². The van der Waals surface area contributed by atoms with E-state index in [0.717, 1.165) is 43.9 Å². The SMILES string of the molecule is CCN1CCC(n2nccc2NC(=O)Cc2ccc(N)cc2)CC1.Cl.Cl. The fourth-order valence-electron chi connectivity index (χ4n) is 3.19. The second kappa shape index (κ2) is 10.4. The third kappa shape index (κ3) is 5.62. The van der Waals surface area contributed by atoms with E-state index in [1.54, 1.807) is 6.20 Å². The first-order valence-corrected chi connectivity index (χ1v) is 8.56. The molecular weight excluding hydrogens is 373 g/mol. The maximum absolute atomic E-state index is 12.3. The summed E-state index contributed by atoms with van der Waals surface area (Å²) in [6.07, 6.45) is 4.22. The van der Waals surface area contributed by atoms with Gasteiger partial charge in [0.05, 0.1) is 18.7 Å². The van der Waals surface area contributed by atoms with Gasteiger partial charge < -0.3 is 16.0 Å². The number of halogens is 2. The Morgan fingerprint density at radius 2 is 1.85 bits per heavy atom. The summed E-state index contributed by atoms with van der Waals surface area (Å²) in [5.74, 6) is 0.748. The summed E-state index contributed by atoms with van der Waals surface area (Å²) in [7, 11) is 0. The number of piperidine rings is 1. The third-order valence-corrected chi connectivity index (χ3v) is 4.63. The molecule has 2 aromatic rings. The first-order chi connectivity index (χ1) is 11.7. The summed E-state index contributed by atoms with van der Waals surface area (Å²) in [6, 6.07) is 9.62. The van der Waals surface area contributed by atoms with Gasteiger partial charge >= 0.3 is 0 Å². The minimum absolute atomic E-state index is 0. The molecule has 1 saturated heterocycles. The van der Waals surface area contributed by atoms with Crippen LogP contribution in [0.3, 0.4) is 0 Å². The van der Waals surface area contributed by atoms with E-state index in [2.05, 4.69) is 22.2 Å². The predicted molar refractivity (Wildman–Crippen MR) is 110 cm³/mol. The lowest BCUT2D eigenvalue weighted by Crippen LogP contribution is -2.35. The molecule has 0 spiro atoms. The number of anilines is 2. The van der Waals surface area contributed by atoms with Gasteiger partial charge in [0.25, 0.3) is 0 Å². The molecule has 1 aliphatic rings. The lowest BCUT2D eigenvalue weighted by Gasteiger charge is -2.31. The Morgan fingerprint density at radius 3 is 2.46 bits per heavy atom. The molecule has 6 nitrogen and oxygen atoms in total. The lowest BCUT2D eigenvalue weighted by molar-refractivity contribution is -0.115. The number of hydrogen-bond acceptors (Lipinski definition) is 4. The topological polar surface area (TPSA) is 76.2 Å². The third-order valence-electron chi connectivity index (χ3n) is 4.63. The van der Waals surface area contributed by atoms with Crippen LogP contribution in [0.5, 0.6) is 0 Å². The Labute approximate surface area is 166 Å². The molecule has 1 amide bonds. The number of hydrogen-bond donors (Lipinski definition) is 2. The first kappa shape index (κ1) is 22.3.